The topological polar surface area (TPSA) is 47.6 Å². The Labute approximate surface area is 217 Å². The number of methoxy groups -OCH3 is 1. The minimum absolute atomic E-state index is 0.0850. The minimum Gasteiger partial charge on any atom is -0.496 e. The van der Waals surface area contributed by atoms with Gasteiger partial charge in [0.15, 0.2) is 0 Å². The van der Waals surface area contributed by atoms with Crippen molar-refractivity contribution in [2.24, 2.45) is 0 Å². The van der Waals surface area contributed by atoms with E-state index in [2.05, 4.69) is 50.4 Å². The summed E-state index contributed by atoms with van der Waals surface area (Å²) in [7, 11) is 1.62. The molecule has 1 N–H and O–H groups in total. The number of anilines is 1. The first-order valence-electron chi connectivity index (χ1n) is 11.9. The van der Waals surface area contributed by atoms with Crippen molar-refractivity contribution >= 4 is 23.4 Å². The van der Waals surface area contributed by atoms with Crippen LogP contribution in [-0.2, 0) is 12.0 Å². The lowest BCUT2D eigenvalue weighted by atomic mass is 9.87. The van der Waals surface area contributed by atoms with Gasteiger partial charge in [-0.2, -0.15) is 0 Å². The lowest BCUT2D eigenvalue weighted by molar-refractivity contribution is 0.102. The van der Waals surface area contributed by atoms with Crippen molar-refractivity contribution < 1.29 is 14.3 Å². The molecule has 0 atom stereocenters. The molecule has 4 nitrogen and oxygen atoms in total. The molecule has 0 aliphatic heterocycles. The fraction of sp³-hybridized carbons (Fsp3) is 0.194. The third-order valence-electron chi connectivity index (χ3n) is 5.76. The molecular formula is C31H31NO3S. The van der Waals surface area contributed by atoms with E-state index >= 15 is 0 Å². The largest absolute Gasteiger partial charge is 0.496 e. The number of rotatable bonds is 8. The van der Waals surface area contributed by atoms with Crippen LogP contribution in [0, 0.1) is 0 Å². The van der Waals surface area contributed by atoms with E-state index in [9.17, 15) is 4.79 Å². The number of hydrogen-bond donors (Lipinski definition) is 1. The molecule has 0 aliphatic carbocycles. The zero-order chi connectivity index (χ0) is 25.5. The van der Waals surface area contributed by atoms with Gasteiger partial charge >= 0.3 is 0 Å². The number of carbonyl (C=O) groups is 1. The Morgan fingerprint density at radius 1 is 0.861 bits per heavy atom. The van der Waals surface area contributed by atoms with Gasteiger partial charge in [-0.1, -0.05) is 75.0 Å². The molecule has 0 spiro atoms. The van der Waals surface area contributed by atoms with Crippen LogP contribution in [-0.4, -0.2) is 13.0 Å². The summed E-state index contributed by atoms with van der Waals surface area (Å²) in [5, 5.41) is 3.06. The molecule has 36 heavy (non-hydrogen) atoms. The van der Waals surface area contributed by atoms with E-state index in [1.165, 1.54) is 5.56 Å². The van der Waals surface area contributed by atoms with Gasteiger partial charge in [-0.15, -0.1) is 0 Å². The average Bonchev–Trinajstić information content (AvgIpc) is 2.88. The first-order valence-corrected chi connectivity index (χ1v) is 12.7. The summed E-state index contributed by atoms with van der Waals surface area (Å²) in [5.74, 6) is 1.26. The van der Waals surface area contributed by atoms with Gasteiger partial charge in [0.1, 0.15) is 18.1 Å². The second-order valence-electron chi connectivity index (χ2n) is 9.46. The van der Waals surface area contributed by atoms with Crippen molar-refractivity contribution in [3.63, 3.8) is 0 Å². The zero-order valence-electron chi connectivity index (χ0n) is 21.1. The predicted octanol–water partition coefficient (Wildman–Crippen LogP) is 7.98. The highest BCUT2D eigenvalue weighted by atomic mass is 32.2. The molecule has 4 aromatic carbocycles. The Bertz CT molecular complexity index is 1310. The summed E-state index contributed by atoms with van der Waals surface area (Å²) in [6.07, 6.45) is 0. The van der Waals surface area contributed by atoms with Crippen molar-refractivity contribution in [2.75, 3.05) is 12.4 Å². The Balaban J connectivity index is 1.48. The van der Waals surface area contributed by atoms with E-state index in [4.69, 9.17) is 9.47 Å². The van der Waals surface area contributed by atoms with Crippen LogP contribution < -0.4 is 14.8 Å². The third-order valence-corrected chi connectivity index (χ3v) is 6.85. The number of para-hydroxylation sites is 1. The monoisotopic (exact) mass is 497 g/mol. The molecule has 0 saturated carbocycles. The maximum absolute atomic E-state index is 13.2. The fourth-order valence-electron chi connectivity index (χ4n) is 3.71. The molecule has 1 amide bonds. The Kier molecular flexibility index (Phi) is 8.01. The van der Waals surface area contributed by atoms with E-state index in [1.807, 2.05) is 60.7 Å². The van der Waals surface area contributed by atoms with Gasteiger partial charge in [0, 0.05) is 20.9 Å². The van der Waals surface area contributed by atoms with Gasteiger partial charge < -0.3 is 14.8 Å². The van der Waals surface area contributed by atoms with Crippen molar-refractivity contribution in [1.29, 1.82) is 0 Å². The lowest BCUT2D eigenvalue weighted by Gasteiger charge is -2.19. The van der Waals surface area contributed by atoms with Crippen LogP contribution in [0.1, 0.15) is 42.3 Å². The van der Waals surface area contributed by atoms with Crippen LogP contribution in [0.5, 0.6) is 11.5 Å². The molecule has 4 rings (SSSR count). The average molecular weight is 498 g/mol. The number of amides is 1. The van der Waals surface area contributed by atoms with Gasteiger partial charge in [0.2, 0.25) is 0 Å². The molecule has 4 aromatic rings. The van der Waals surface area contributed by atoms with Crippen molar-refractivity contribution in [1.82, 2.24) is 0 Å². The maximum Gasteiger partial charge on any atom is 0.255 e. The second kappa shape index (κ2) is 11.4. The number of benzene rings is 4. The molecule has 0 bridgehead atoms. The van der Waals surface area contributed by atoms with Crippen LogP contribution in [0.2, 0.25) is 0 Å². The molecule has 184 valence electrons. The first kappa shape index (κ1) is 25.4. The Morgan fingerprint density at radius 2 is 1.56 bits per heavy atom. The molecule has 0 aliphatic rings. The molecular weight excluding hydrogens is 466 g/mol. The maximum atomic E-state index is 13.2. The van der Waals surface area contributed by atoms with E-state index in [0.717, 1.165) is 26.8 Å². The summed E-state index contributed by atoms with van der Waals surface area (Å²) >= 11 is 1.61. The highest BCUT2D eigenvalue weighted by molar-refractivity contribution is 7.99. The van der Waals surface area contributed by atoms with Crippen molar-refractivity contribution in [3.05, 3.63) is 114 Å². The number of ether oxygens (including phenoxy) is 2. The first-order chi connectivity index (χ1) is 17.3. The Morgan fingerprint density at radius 3 is 2.25 bits per heavy atom. The molecule has 0 heterocycles. The summed E-state index contributed by atoms with van der Waals surface area (Å²) in [4.78, 5) is 15.3. The van der Waals surface area contributed by atoms with Crippen molar-refractivity contribution in [2.45, 2.75) is 42.6 Å². The zero-order valence-corrected chi connectivity index (χ0v) is 21.9. The highest BCUT2D eigenvalue weighted by Gasteiger charge is 2.15. The summed E-state index contributed by atoms with van der Waals surface area (Å²) in [6.45, 7) is 6.84. The molecule has 0 radical (unpaired) electrons. The van der Waals surface area contributed by atoms with Gasteiger partial charge in [-0.05, 0) is 65.6 Å². The van der Waals surface area contributed by atoms with E-state index in [1.54, 1.807) is 31.0 Å². The number of carbonyl (C=O) groups excluding carboxylic acids is 1. The predicted molar refractivity (Wildman–Crippen MR) is 147 cm³/mol. The van der Waals surface area contributed by atoms with Gasteiger partial charge in [0.25, 0.3) is 5.91 Å². The molecule has 0 unspecified atom stereocenters. The standard InChI is InChI=1S/C31H31NO3S/c1-31(2,3)24-15-17-25(18-16-24)35-21-23-20-22(14-19-28(23)34-4)30(33)32-27-12-8-9-13-29(27)36-26-10-6-5-7-11-26/h5-20H,21H2,1-4H3,(H,32,33). The fourth-order valence-corrected chi connectivity index (χ4v) is 4.64. The van der Waals surface area contributed by atoms with Crippen LogP contribution >= 0.6 is 11.8 Å². The summed E-state index contributed by atoms with van der Waals surface area (Å²) in [6, 6.07) is 31.4. The lowest BCUT2D eigenvalue weighted by Crippen LogP contribution is -2.13. The summed E-state index contributed by atoms with van der Waals surface area (Å²) in [5.41, 5.74) is 3.44. The van der Waals surface area contributed by atoms with Crippen molar-refractivity contribution in [3.8, 4) is 11.5 Å². The molecule has 0 fully saturated rings. The molecule has 0 saturated heterocycles. The normalized spacial score (nSPS) is 11.1. The van der Waals surface area contributed by atoms with Gasteiger partial charge in [-0.3, -0.25) is 4.79 Å². The smallest absolute Gasteiger partial charge is 0.255 e. The van der Waals surface area contributed by atoms with E-state index < -0.39 is 0 Å². The van der Waals surface area contributed by atoms with Crippen LogP contribution in [0.15, 0.2) is 107 Å². The van der Waals surface area contributed by atoms with Crippen LogP contribution in [0.3, 0.4) is 0 Å². The SMILES string of the molecule is COc1ccc(C(=O)Nc2ccccc2Sc2ccccc2)cc1COc1ccc(C(C)(C)C)cc1. The van der Waals surface area contributed by atoms with Gasteiger partial charge in [0.05, 0.1) is 12.8 Å². The number of hydrogen-bond acceptors (Lipinski definition) is 4. The van der Waals surface area contributed by atoms with E-state index in [0.29, 0.717) is 17.9 Å². The summed E-state index contributed by atoms with van der Waals surface area (Å²) < 4.78 is 11.5. The number of nitrogens with one attached hydrogen (secondary N) is 1. The highest BCUT2D eigenvalue weighted by Crippen LogP contribution is 2.33. The van der Waals surface area contributed by atoms with Crippen LogP contribution in [0.4, 0.5) is 5.69 Å². The van der Waals surface area contributed by atoms with Crippen LogP contribution in [0.25, 0.3) is 0 Å². The third kappa shape index (κ3) is 6.49. The quantitative estimate of drug-likeness (QED) is 0.268. The molecule has 0 aromatic heterocycles. The van der Waals surface area contributed by atoms with E-state index in [-0.39, 0.29) is 11.3 Å². The van der Waals surface area contributed by atoms with Gasteiger partial charge in [-0.25, -0.2) is 0 Å². The minimum atomic E-state index is -0.186. The second-order valence-corrected chi connectivity index (χ2v) is 10.6. The molecule has 5 heteroatoms. The Hall–Kier alpha value is -3.70.